The summed E-state index contributed by atoms with van der Waals surface area (Å²) in [5, 5.41) is 41.9. The van der Waals surface area contributed by atoms with Gasteiger partial charge in [-0.25, -0.2) is 15.0 Å². The van der Waals surface area contributed by atoms with Gasteiger partial charge in [-0.2, -0.15) is 0 Å². The molecule has 4 aromatic heterocycles. The average molecular weight is 594 g/mol. The second-order valence-electron chi connectivity index (χ2n) is 9.80. The third-order valence-corrected chi connectivity index (χ3v) is 9.13. The molecule has 2 aliphatic rings. The molecule has 0 bridgehead atoms. The average Bonchev–Trinajstić information content (AvgIpc) is 3.68. The van der Waals surface area contributed by atoms with E-state index in [1.165, 1.54) is 34.1 Å². The lowest BCUT2D eigenvalue weighted by Crippen LogP contribution is -2.36. The lowest BCUT2D eigenvalue weighted by Gasteiger charge is -2.27. The van der Waals surface area contributed by atoms with Crippen LogP contribution in [0.1, 0.15) is 12.5 Å². The van der Waals surface area contributed by atoms with Gasteiger partial charge >= 0.3 is 7.60 Å². The van der Waals surface area contributed by atoms with Crippen LogP contribution in [0.3, 0.4) is 0 Å². The Balaban J connectivity index is 1.25. The molecule has 10 N–H and O–H groups in total. The first-order valence-corrected chi connectivity index (χ1v) is 14.0. The summed E-state index contributed by atoms with van der Waals surface area (Å²) in [6.07, 6.45) is -5.93. The minimum absolute atomic E-state index is 0.00877. The van der Waals surface area contributed by atoms with E-state index in [1.54, 1.807) is 6.07 Å². The van der Waals surface area contributed by atoms with Crippen LogP contribution in [-0.4, -0.2) is 104 Å². The highest BCUT2D eigenvalue weighted by molar-refractivity contribution is 7.53. The first kappa shape index (κ1) is 27.7. The number of imidazole rings is 2. The number of fused-ring (bicyclic) bond motifs is 2. The van der Waals surface area contributed by atoms with Crippen molar-refractivity contribution in [1.29, 1.82) is 0 Å². The number of nitrogen functional groups attached to an aromatic ring is 2. The van der Waals surface area contributed by atoms with Crippen molar-refractivity contribution in [2.75, 3.05) is 24.7 Å². The second kappa shape index (κ2) is 10.1. The van der Waals surface area contributed by atoms with Gasteiger partial charge in [-0.05, 0) is 6.07 Å². The maximum absolute atomic E-state index is 13.6. The summed E-state index contributed by atoms with van der Waals surface area (Å²) < 4.78 is 33.0. The molecular formula is C22H27N8O10P. The number of aromatic amines is 1. The molecule has 0 aliphatic carbocycles. The van der Waals surface area contributed by atoms with Crippen LogP contribution < -0.4 is 17.0 Å². The quantitative estimate of drug-likeness (QED) is 0.105. The Labute approximate surface area is 229 Å². The number of hydrogen-bond donors (Lipinski definition) is 8. The minimum Gasteiger partial charge on any atom is -0.397 e. The molecule has 0 amide bonds. The van der Waals surface area contributed by atoms with Crippen molar-refractivity contribution >= 4 is 41.3 Å². The van der Waals surface area contributed by atoms with Crippen molar-refractivity contribution in [2.45, 2.75) is 48.6 Å². The molecule has 19 heteroatoms. The highest BCUT2D eigenvalue weighted by Gasteiger charge is 2.55. The number of aliphatic hydroxyl groups excluding tert-OH is 4. The molecule has 1 unspecified atom stereocenters. The summed E-state index contributed by atoms with van der Waals surface area (Å²) in [6, 6.07) is 2.91. The van der Waals surface area contributed by atoms with E-state index in [0.717, 1.165) is 0 Å². The van der Waals surface area contributed by atoms with Gasteiger partial charge in [0.25, 0.3) is 5.56 Å². The van der Waals surface area contributed by atoms with Crippen molar-refractivity contribution in [3.8, 4) is 0 Å². The smallest absolute Gasteiger partial charge is 0.338 e. The van der Waals surface area contributed by atoms with Gasteiger partial charge in [0.1, 0.15) is 47.5 Å². The summed E-state index contributed by atoms with van der Waals surface area (Å²) in [5.74, 6) is -0.00877. The largest absolute Gasteiger partial charge is 0.397 e. The molecule has 2 saturated heterocycles. The number of hydrogen-bond acceptors (Lipinski definition) is 14. The number of anilines is 2. The van der Waals surface area contributed by atoms with Crippen LogP contribution in [0.4, 0.5) is 11.5 Å². The molecule has 2 aliphatic heterocycles. The number of nitrogens with zero attached hydrogens (tertiary/aromatic N) is 5. The molecule has 0 saturated carbocycles. The van der Waals surface area contributed by atoms with E-state index in [2.05, 4.69) is 19.9 Å². The van der Waals surface area contributed by atoms with Gasteiger partial charge < -0.3 is 60.3 Å². The van der Waals surface area contributed by atoms with Gasteiger partial charge in [0.2, 0.25) is 0 Å². The molecule has 6 heterocycles. The van der Waals surface area contributed by atoms with Crippen LogP contribution in [0.15, 0.2) is 35.8 Å². The molecule has 9 atom stereocenters. The predicted molar refractivity (Wildman–Crippen MR) is 139 cm³/mol. The molecule has 2 fully saturated rings. The zero-order chi connectivity index (χ0) is 29.2. The van der Waals surface area contributed by atoms with Crippen molar-refractivity contribution in [1.82, 2.24) is 29.1 Å². The lowest BCUT2D eigenvalue weighted by molar-refractivity contribution is -0.0496. The van der Waals surface area contributed by atoms with Crippen LogP contribution in [-0.2, 0) is 18.6 Å². The number of pyridine rings is 2. The summed E-state index contributed by atoms with van der Waals surface area (Å²) in [7, 11) is -4.84. The van der Waals surface area contributed by atoms with Gasteiger partial charge in [-0.15, -0.1) is 0 Å². The third kappa shape index (κ3) is 4.49. The van der Waals surface area contributed by atoms with Crippen molar-refractivity contribution < 1.29 is 43.9 Å². The normalized spacial score (nSPS) is 31.7. The number of nitrogens with two attached hydrogens (primary N) is 2. The molecule has 0 radical (unpaired) electrons. The summed E-state index contributed by atoms with van der Waals surface area (Å²) in [6.45, 7) is -1.37. The molecule has 0 spiro atoms. The van der Waals surface area contributed by atoms with Crippen molar-refractivity contribution in [2.24, 2.45) is 0 Å². The van der Waals surface area contributed by atoms with Gasteiger partial charge in [0, 0.05) is 12.3 Å². The van der Waals surface area contributed by atoms with Gasteiger partial charge in [-0.1, -0.05) is 0 Å². The Morgan fingerprint density at radius 3 is 2.46 bits per heavy atom. The third-order valence-electron chi connectivity index (χ3n) is 7.29. The van der Waals surface area contributed by atoms with E-state index in [4.69, 9.17) is 25.5 Å². The molecule has 6 rings (SSSR count). The van der Waals surface area contributed by atoms with E-state index in [9.17, 15) is 34.7 Å². The molecule has 18 nitrogen and oxygen atoms in total. The van der Waals surface area contributed by atoms with Crippen LogP contribution in [0.25, 0.3) is 22.2 Å². The van der Waals surface area contributed by atoms with Crippen LogP contribution >= 0.6 is 7.60 Å². The second-order valence-corrected chi connectivity index (χ2v) is 11.8. The Hall–Kier alpha value is -3.45. The minimum atomic E-state index is -4.84. The van der Waals surface area contributed by atoms with E-state index in [-0.39, 0.29) is 22.5 Å². The van der Waals surface area contributed by atoms with Crippen LogP contribution in [0, 0.1) is 0 Å². The fourth-order valence-electron chi connectivity index (χ4n) is 5.23. The number of rotatable bonds is 7. The topological polar surface area (TPSA) is 279 Å². The summed E-state index contributed by atoms with van der Waals surface area (Å²) in [5.41, 5.74) is 10.5. The molecule has 220 valence electrons. The molecule has 41 heavy (non-hydrogen) atoms. The number of aromatic nitrogens is 6. The SMILES string of the molecule is Nc1cc2c(ncn2[C@@H]2O[C@H](CO)[C@@H](O)[C@H]2P(=O)(O)OC[C@H]2O[C@@H](n3cnc4c(N)ccnc43)[C@H](O)[C@@H]2O)c(=O)[nH]1. The number of H-pyrrole nitrogens is 1. The lowest BCUT2D eigenvalue weighted by atomic mass is 10.1. The Bertz CT molecular complexity index is 1710. The zero-order valence-electron chi connectivity index (χ0n) is 21.0. The highest BCUT2D eigenvalue weighted by atomic mass is 31.2. The molecule has 4 aromatic rings. The Morgan fingerprint density at radius 1 is 1.00 bits per heavy atom. The van der Waals surface area contributed by atoms with E-state index < -0.39 is 75.0 Å². The van der Waals surface area contributed by atoms with Crippen LogP contribution in [0.2, 0.25) is 0 Å². The van der Waals surface area contributed by atoms with E-state index in [0.29, 0.717) is 11.2 Å². The Kier molecular flexibility index (Phi) is 6.84. The maximum atomic E-state index is 13.6. The standard InChI is InChI=1S/C22H27N8O10P/c23-8-1-2-25-19-13(8)26-7-30(19)21-17(34)15(32)11(40-21)5-38-41(36,37)18-16(33)10(4-31)39-22(18)29-6-27-14-9(29)3-12(24)28-20(14)35/h1-3,6-7,10-11,15-18,21-22,31-34H,4-5H2,(H2,23,25)(H,36,37)(H3,24,28,35)/t10-,11-,15-,16-,17-,18-,21-,22-/m1/s1. The molecule has 0 aromatic carbocycles. The van der Waals surface area contributed by atoms with E-state index >= 15 is 0 Å². The highest BCUT2D eigenvalue weighted by Crippen LogP contribution is 2.57. The zero-order valence-corrected chi connectivity index (χ0v) is 21.9. The van der Waals surface area contributed by atoms with Crippen molar-refractivity contribution in [3.63, 3.8) is 0 Å². The predicted octanol–water partition coefficient (Wildman–Crippen LogP) is -2.23. The van der Waals surface area contributed by atoms with Gasteiger partial charge in [0.15, 0.2) is 23.6 Å². The maximum Gasteiger partial charge on any atom is 0.338 e. The fraction of sp³-hybridized carbons (Fsp3) is 0.455. The fourth-order valence-corrected chi connectivity index (χ4v) is 6.88. The summed E-state index contributed by atoms with van der Waals surface area (Å²) in [4.78, 5) is 38.0. The van der Waals surface area contributed by atoms with Crippen molar-refractivity contribution in [3.05, 3.63) is 41.3 Å². The Morgan fingerprint density at radius 2 is 1.71 bits per heavy atom. The number of aliphatic hydroxyl groups is 4. The number of ether oxygens (including phenoxy) is 2. The van der Waals surface area contributed by atoms with E-state index in [1.807, 2.05) is 0 Å². The summed E-state index contributed by atoms with van der Waals surface area (Å²) >= 11 is 0. The van der Waals surface area contributed by atoms with Crippen LogP contribution in [0.5, 0.6) is 0 Å². The van der Waals surface area contributed by atoms with Gasteiger partial charge in [0.05, 0.1) is 37.1 Å². The van der Waals surface area contributed by atoms with Gasteiger partial charge in [-0.3, -0.25) is 13.9 Å². The first-order valence-electron chi connectivity index (χ1n) is 12.4. The number of nitrogens with one attached hydrogen (secondary N) is 1. The monoisotopic (exact) mass is 594 g/mol. The first-order chi connectivity index (χ1) is 19.5. The molecular weight excluding hydrogens is 567 g/mol.